The number of nitrogens with zero attached hydrogens (tertiary/aromatic N) is 2. The number of rotatable bonds is 6. The summed E-state index contributed by atoms with van der Waals surface area (Å²) in [5, 5.41) is 7.76. The predicted molar refractivity (Wildman–Crippen MR) is 114 cm³/mol. The maximum absolute atomic E-state index is 12.9. The number of hydrogen-bond donors (Lipinski definition) is 1. The van der Waals surface area contributed by atoms with Gasteiger partial charge >= 0.3 is 0 Å². The molecule has 0 radical (unpaired) electrons. The minimum atomic E-state index is -0.381. The number of hydrogen-bond acceptors (Lipinski definition) is 5. The molecule has 162 valence electrons. The zero-order valence-corrected chi connectivity index (χ0v) is 17.0. The van der Waals surface area contributed by atoms with Gasteiger partial charge < -0.3 is 10.1 Å². The molecule has 32 heavy (non-hydrogen) atoms. The summed E-state index contributed by atoms with van der Waals surface area (Å²) in [5.41, 5.74) is 1.16. The van der Waals surface area contributed by atoms with Crippen LogP contribution in [0.4, 0.5) is 10.1 Å². The number of hydrazone groups is 1. The normalized spacial score (nSPS) is 25.6. The first-order chi connectivity index (χ1) is 15.5. The minimum absolute atomic E-state index is 0.151. The van der Waals surface area contributed by atoms with Crippen molar-refractivity contribution in [1.82, 2.24) is 5.01 Å². The molecule has 1 N–H and O–H groups in total. The zero-order chi connectivity index (χ0) is 22.2. The van der Waals surface area contributed by atoms with Crippen molar-refractivity contribution >= 4 is 29.6 Å². The number of fused-ring (bicyclic) bond motifs is 5. The smallest absolute Gasteiger partial charge is 0.262 e. The molecule has 7 nitrogen and oxygen atoms in total. The van der Waals surface area contributed by atoms with E-state index < -0.39 is 0 Å². The molecule has 3 amide bonds. The van der Waals surface area contributed by atoms with Crippen LogP contribution < -0.4 is 10.1 Å². The summed E-state index contributed by atoms with van der Waals surface area (Å²) in [7, 11) is 0. The summed E-state index contributed by atoms with van der Waals surface area (Å²) >= 11 is 0. The van der Waals surface area contributed by atoms with Crippen LogP contribution >= 0.6 is 0 Å². The molecular weight excluding hydrogens is 413 g/mol. The molecule has 2 aromatic rings. The van der Waals surface area contributed by atoms with Gasteiger partial charge in [0.05, 0.1) is 18.1 Å². The second-order valence-electron chi connectivity index (χ2n) is 8.15. The number of anilines is 1. The van der Waals surface area contributed by atoms with E-state index in [4.69, 9.17) is 4.74 Å². The van der Waals surface area contributed by atoms with E-state index in [-0.39, 0.29) is 53.8 Å². The Hall–Kier alpha value is -3.81. The molecule has 1 heterocycles. The molecule has 8 heteroatoms. The molecule has 4 atom stereocenters. The number of amides is 3. The van der Waals surface area contributed by atoms with Crippen LogP contribution in [-0.2, 0) is 14.4 Å². The summed E-state index contributed by atoms with van der Waals surface area (Å²) in [6.07, 6.45) is 6.44. The Morgan fingerprint density at radius 1 is 1.03 bits per heavy atom. The molecule has 3 aliphatic rings. The van der Waals surface area contributed by atoms with E-state index in [1.165, 1.54) is 30.5 Å². The average Bonchev–Trinajstić information content (AvgIpc) is 3.47. The van der Waals surface area contributed by atoms with E-state index in [2.05, 4.69) is 10.4 Å². The van der Waals surface area contributed by atoms with Crippen LogP contribution in [0.15, 0.2) is 65.8 Å². The van der Waals surface area contributed by atoms with E-state index >= 15 is 0 Å². The molecule has 2 fully saturated rings. The molecule has 5 rings (SSSR count). The first-order valence-electron chi connectivity index (χ1n) is 10.4. The van der Waals surface area contributed by atoms with Crippen LogP contribution in [0.1, 0.15) is 12.0 Å². The highest BCUT2D eigenvalue weighted by molar-refractivity contribution is 6.06. The maximum Gasteiger partial charge on any atom is 0.262 e. The Kier molecular flexibility index (Phi) is 5.05. The van der Waals surface area contributed by atoms with Gasteiger partial charge in [0, 0.05) is 5.69 Å². The number of imide groups is 1. The van der Waals surface area contributed by atoms with Crippen LogP contribution in [0.2, 0.25) is 0 Å². The van der Waals surface area contributed by atoms with Crippen molar-refractivity contribution in [3.63, 3.8) is 0 Å². The fourth-order valence-corrected chi connectivity index (χ4v) is 4.65. The number of carbonyl (C=O) groups is 3. The van der Waals surface area contributed by atoms with Crippen molar-refractivity contribution in [1.29, 1.82) is 0 Å². The van der Waals surface area contributed by atoms with Crippen molar-refractivity contribution in [2.24, 2.45) is 28.8 Å². The van der Waals surface area contributed by atoms with Crippen molar-refractivity contribution in [3.8, 4) is 5.75 Å². The van der Waals surface area contributed by atoms with Crippen LogP contribution in [0.5, 0.6) is 5.75 Å². The SMILES string of the molecule is O=C(COc1ccc(C=NN2C(=O)C3C4C=CC(C4)C3C2=O)cc1)Nc1ccc(F)cc1. The lowest BCUT2D eigenvalue weighted by atomic mass is 9.85. The second kappa shape index (κ2) is 8.03. The number of allylic oxidation sites excluding steroid dienone is 2. The summed E-state index contributed by atoms with van der Waals surface area (Å²) in [6, 6.07) is 12.2. The monoisotopic (exact) mass is 433 g/mol. The lowest BCUT2D eigenvalue weighted by Crippen LogP contribution is -2.28. The van der Waals surface area contributed by atoms with Gasteiger partial charge in [0.15, 0.2) is 6.61 Å². The van der Waals surface area contributed by atoms with Crippen molar-refractivity contribution in [2.45, 2.75) is 6.42 Å². The third kappa shape index (κ3) is 3.68. The summed E-state index contributed by atoms with van der Waals surface area (Å²) in [4.78, 5) is 37.2. The van der Waals surface area contributed by atoms with Crippen molar-refractivity contribution in [2.75, 3.05) is 11.9 Å². The second-order valence-corrected chi connectivity index (χ2v) is 8.15. The number of carbonyl (C=O) groups excluding carboxylic acids is 3. The summed E-state index contributed by atoms with van der Waals surface area (Å²) in [5.74, 6) is -0.965. The molecule has 0 spiro atoms. The Bertz CT molecular complexity index is 1100. The van der Waals surface area contributed by atoms with Crippen LogP contribution in [0.3, 0.4) is 0 Å². The minimum Gasteiger partial charge on any atom is -0.484 e. The molecule has 4 unspecified atom stereocenters. The van der Waals surface area contributed by atoms with Crippen LogP contribution in [0.25, 0.3) is 0 Å². The van der Waals surface area contributed by atoms with E-state index in [9.17, 15) is 18.8 Å². The highest BCUT2D eigenvalue weighted by Crippen LogP contribution is 2.52. The van der Waals surface area contributed by atoms with E-state index in [1.807, 2.05) is 12.2 Å². The number of benzene rings is 2. The highest BCUT2D eigenvalue weighted by Gasteiger charge is 2.59. The van der Waals surface area contributed by atoms with Gasteiger partial charge in [-0.3, -0.25) is 14.4 Å². The van der Waals surface area contributed by atoms with Gasteiger partial charge in [0.2, 0.25) is 0 Å². The van der Waals surface area contributed by atoms with Gasteiger partial charge in [0.25, 0.3) is 17.7 Å². The fourth-order valence-electron chi connectivity index (χ4n) is 4.65. The van der Waals surface area contributed by atoms with E-state index in [0.717, 1.165) is 11.4 Å². The molecule has 0 aromatic heterocycles. The topological polar surface area (TPSA) is 88.1 Å². The molecule has 1 aliphatic heterocycles. The first kappa shape index (κ1) is 20.1. The molecule has 2 aromatic carbocycles. The Morgan fingerprint density at radius 2 is 1.66 bits per heavy atom. The van der Waals surface area contributed by atoms with Gasteiger partial charge in [-0.05, 0) is 72.4 Å². The first-order valence-corrected chi connectivity index (χ1v) is 10.4. The number of nitrogens with one attached hydrogen (secondary N) is 1. The third-order valence-electron chi connectivity index (χ3n) is 6.15. The number of ether oxygens (including phenoxy) is 1. The van der Waals surface area contributed by atoms with E-state index in [1.54, 1.807) is 24.3 Å². The fraction of sp³-hybridized carbons (Fsp3) is 0.250. The standard InChI is InChI=1S/C24H20FN3O4/c25-17-5-7-18(8-6-17)27-20(29)13-32-19-9-1-14(2-10-19)12-26-28-23(30)21-15-3-4-16(11-15)22(21)24(28)31/h1-10,12,15-16,21-22H,11,13H2,(H,27,29). The average molecular weight is 433 g/mol. The summed E-state index contributed by atoms with van der Waals surface area (Å²) < 4.78 is 18.4. The molecule has 2 aliphatic carbocycles. The van der Waals surface area contributed by atoms with E-state index in [0.29, 0.717) is 17.0 Å². The predicted octanol–water partition coefficient (Wildman–Crippen LogP) is 2.98. The zero-order valence-electron chi connectivity index (χ0n) is 17.0. The highest BCUT2D eigenvalue weighted by atomic mass is 19.1. The van der Waals surface area contributed by atoms with Gasteiger partial charge in [-0.25, -0.2) is 4.39 Å². The van der Waals surface area contributed by atoms with Crippen molar-refractivity contribution < 1.29 is 23.5 Å². The lowest BCUT2D eigenvalue weighted by Gasteiger charge is -2.13. The molecule has 1 saturated carbocycles. The largest absolute Gasteiger partial charge is 0.484 e. The van der Waals surface area contributed by atoms with Gasteiger partial charge in [-0.1, -0.05) is 12.2 Å². The Balaban J connectivity index is 1.15. The quantitative estimate of drug-likeness (QED) is 0.431. The van der Waals surface area contributed by atoms with Crippen LogP contribution in [0, 0.1) is 29.5 Å². The molecule has 1 saturated heterocycles. The van der Waals surface area contributed by atoms with Gasteiger partial charge in [-0.2, -0.15) is 10.1 Å². The molecule has 2 bridgehead atoms. The van der Waals surface area contributed by atoms with Crippen molar-refractivity contribution in [3.05, 3.63) is 72.1 Å². The summed E-state index contributed by atoms with van der Waals surface area (Å²) in [6.45, 7) is -0.208. The third-order valence-corrected chi connectivity index (χ3v) is 6.15. The lowest BCUT2D eigenvalue weighted by molar-refractivity contribution is -0.140. The van der Waals surface area contributed by atoms with Gasteiger partial charge in [0.1, 0.15) is 11.6 Å². The van der Waals surface area contributed by atoms with Crippen LogP contribution in [-0.4, -0.2) is 35.6 Å². The van der Waals surface area contributed by atoms with Gasteiger partial charge in [-0.15, -0.1) is 0 Å². The number of halogens is 1. The Morgan fingerprint density at radius 3 is 2.28 bits per heavy atom. The molecular formula is C24H20FN3O4. The maximum atomic E-state index is 12.9. The Labute approximate surface area is 183 Å².